The zero-order valence-electron chi connectivity index (χ0n) is 15.8. The summed E-state index contributed by atoms with van der Waals surface area (Å²) in [7, 11) is 0. The number of nitrogens with zero attached hydrogens (tertiary/aromatic N) is 1. The molecule has 152 valence electrons. The van der Waals surface area contributed by atoms with Gasteiger partial charge in [-0.05, 0) is 54.7 Å². The highest BCUT2D eigenvalue weighted by Gasteiger charge is 2.59. The van der Waals surface area contributed by atoms with E-state index in [4.69, 9.17) is 27.9 Å². The molecule has 1 heterocycles. The van der Waals surface area contributed by atoms with Crippen LogP contribution in [0.5, 0.6) is 0 Å². The Morgan fingerprint density at radius 1 is 0.933 bits per heavy atom. The van der Waals surface area contributed by atoms with E-state index in [0.29, 0.717) is 26.9 Å². The third-order valence-electron chi connectivity index (χ3n) is 6.24. The van der Waals surface area contributed by atoms with Gasteiger partial charge in [0.05, 0.1) is 23.1 Å². The average molecular weight is 442 g/mol. The first-order valence-corrected chi connectivity index (χ1v) is 10.5. The Morgan fingerprint density at radius 3 is 2.07 bits per heavy atom. The number of ether oxygens (including phenoxy) is 1. The minimum Gasteiger partial charge on any atom is -0.457 e. The Kier molecular flexibility index (Phi) is 4.68. The normalized spacial score (nSPS) is 26.4. The van der Waals surface area contributed by atoms with Crippen LogP contribution in [0.15, 0.2) is 54.6 Å². The zero-order chi connectivity index (χ0) is 21.0. The standard InChI is InChI=1S/C23H17Cl2NO4/c24-17-2-1-3-18(25)16(17)11-30-23(29)12-6-8-15(9-7-12)26-21(27)19-13-4-5-14(10-13)20(19)22(26)28/h1-9,13-14,19-20H,10-11H2/t13-,14-,19-,20-/m0/s1. The second-order valence-corrected chi connectivity index (χ2v) is 8.65. The molecule has 2 aromatic rings. The Bertz CT molecular complexity index is 1040. The number of imide groups is 1. The number of carbonyl (C=O) groups is 3. The van der Waals surface area contributed by atoms with Crippen molar-refractivity contribution in [3.8, 4) is 0 Å². The summed E-state index contributed by atoms with van der Waals surface area (Å²) in [6.45, 7) is -0.0542. The molecular weight excluding hydrogens is 425 g/mol. The fourth-order valence-corrected chi connectivity index (χ4v) is 5.30. The minimum absolute atomic E-state index is 0.0542. The van der Waals surface area contributed by atoms with Crippen molar-refractivity contribution in [3.63, 3.8) is 0 Å². The lowest BCUT2D eigenvalue weighted by Gasteiger charge is -2.17. The largest absolute Gasteiger partial charge is 0.457 e. The number of amides is 2. The molecule has 30 heavy (non-hydrogen) atoms. The van der Waals surface area contributed by atoms with Gasteiger partial charge in [0, 0.05) is 15.6 Å². The van der Waals surface area contributed by atoms with E-state index in [-0.39, 0.29) is 42.1 Å². The Balaban J connectivity index is 1.30. The maximum atomic E-state index is 12.9. The summed E-state index contributed by atoms with van der Waals surface area (Å²) in [6, 6.07) is 11.4. The molecule has 5 rings (SSSR count). The number of fused-ring (bicyclic) bond motifs is 5. The summed E-state index contributed by atoms with van der Waals surface area (Å²) in [6.07, 6.45) is 5.01. The van der Waals surface area contributed by atoms with Gasteiger partial charge in [-0.1, -0.05) is 41.4 Å². The Morgan fingerprint density at radius 2 is 1.50 bits per heavy atom. The molecule has 4 atom stereocenters. The van der Waals surface area contributed by atoms with Gasteiger partial charge in [-0.15, -0.1) is 0 Å². The summed E-state index contributed by atoms with van der Waals surface area (Å²) in [4.78, 5) is 39.4. The van der Waals surface area contributed by atoms with Crippen LogP contribution in [0.2, 0.25) is 10.0 Å². The van der Waals surface area contributed by atoms with E-state index in [0.717, 1.165) is 6.42 Å². The molecule has 2 aliphatic carbocycles. The molecule has 2 fully saturated rings. The van der Waals surface area contributed by atoms with E-state index < -0.39 is 5.97 Å². The molecular formula is C23H17Cl2NO4. The monoisotopic (exact) mass is 441 g/mol. The van der Waals surface area contributed by atoms with Gasteiger partial charge in [-0.2, -0.15) is 0 Å². The van der Waals surface area contributed by atoms with Crippen LogP contribution in [0.3, 0.4) is 0 Å². The van der Waals surface area contributed by atoms with Gasteiger partial charge < -0.3 is 4.74 Å². The van der Waals surface area contributed by atoms with Crippen LogP contribution in [-0.2, 0) is 20.9 Å². The number of benzene rings is 2. The zero-order valence-corrected chi connectivity index (χ0v) is 17.3. The third-order valence-corrected chi connectivity index (χ3v) is 6.95. The van der Waals surface area contributed by atoms with Crippen molar-refractivity contribution >= 4 is 46.7 Å². The second-order valence-electron chi connectivity index (χ2n) is 7.83. The molecule has 1 aliphatic heterocycles. The third kappa shape index (κ3) is 2.96. The lowest BCUT2D eigenvalue weighted by atomic mass is 9.85. The number of halogens is 2. The van der Waals surface area contributed by atoms with Crippen LogP contribution in [0.1, 0.15) is 22.3 Å². The topological polar surface area (TPSA) is 63.7 Å². The molecule has 0 unspecified atom stereocenters. The van der Waals surface area contributed by atoms with Crippen LogP contribution >= 0.6 is 23.2 Å². The van der Waals surface area contributed by atoms with Crippen molar-refractivity contribution in [2.75, 3.05) is 4.90 Å². The van der Waals surface area contributed by atoms with Crippen LogP contribution < -0.4 is 4.90 Å². The molecule has 2 bridgehead atoms. The maximum absolute atomic E-state index is 12.9. The first-order chi connectivity index (χ1) is 14.5. The van der Waals surface area contributed by atoms with Gasteiger partial charge in [0.15, 0.2) is 0 Å². The number of rotatable bonds is 4. The molecule has 1 saturated carbocycles. The summed E-state index contributed by atoms with van der Waals surface area (Å²) in [5.41, 5.74) is 1.32. The minimum atomic E-state index is -0.546. The van der Waals surface area contributed by atoms with E-state index in [2.05, 4.69) is 12.2 Å². The van der Waals surface area contributed by atoms with Crippen molar-refractivity contribution in [1.29, 1.82) is 0 Å². The van der Waals surface area contributed by atoms with Crippen molar-refractivity contribution in [3.05, 3.63) is 75.8 Å². The summed E-state index contributed by atoms with van der Waals surface area (Å²) < 4.78 is 5.32. The van der Waals surface area contributed by atoms with Gasteiger partial charge in [0.25, 0.3) is 0 Å². The van der Waals surface area contributed by atoms with Gasteiger partial charge in [0.2, 0.25) is 11.8 Å². The summed E-state index contributed by atoms with van der Waals surface area (Å²) >= 11 is 12.2. The molecule has 5 nitrogen and oxygen atoms in total. The van der Waals surface area contributed by atoms with E-state index in [1.54, 1.807) is 42.5 Å². The Labute approximate surface area is 183 Å². The highest BCUT2D eigenvalue weighted by molar-refractivity contribution is 6.36. The van der Waals surface area contributed by atoms with Crippen LogP contribution in [-0.4, -0.2) is 17.8 Å². The fourth-order valence-electron chi connectivity index (χ4n) is 4.79. The Hall–Kier alpha value is -2.63. The van der Waals surface area contributed by atoms with Crippen LogP contribution in [0.4, 0.5) is 5.69 Å². The highest BCUT2D eigenvalue weighted by atomic mass is 35.5. The molecule has 2 aromatic carbocycles. The van der Waals surface area contributed by atoms with Crippen molar-refractivity contribution in [2.24, 2.45) is 23.7 Å². The lowest BCUT2D eigenvalue weighted by Crippen LogP contribution is -2.32. The first kappa shape index (κ1) is 19.3. The molecule has 0 spiro atoms. The number of esters is 1. The number of carbonyl (C=O) groups excluding carboxylic acids is 3. The second kappa shape index (κ2) is 7.25. The molecule has 0 N–H and O–H groups in total. The number of allylic oxidation sites excluding steroid dienone is 2. The van der Waals surface area contributed by atoms with E-state index in [1.165, 1.54) is 4.90 Å². The van der Waals surface area contributed by atoms with Crippen molar-refractivity contribution in [2.45, 2.75) is 13.0 Å². The van der Waals surface area contributed by atoms with E-state index in [1.807, 2.05) is 0 Å². The van der Waals surface area contributed by atoms with Crippen LogP contribution in [0.25, 0.3) is 0 Å². The van der Waals surface area contributed by atoms with Crippen molar-refractivity contribution < 1.29 is 19.1 Å². The predicted molar refractivity (Wildman–Crippen MR) is 112 cm³/mol. The van der Waals surface area contributed by atoms with Gasteiger partial charge >= 0.3 is 5.97 Å². The van der Waals surface area contributed by atoms with Gasteiger partial charge in [-0.3, -0.25) is 14.5 Å². The molecule has 1 saturated heterocycles. The summed E-state index contributed by atoms with van der Waals surface area (Å²) in [5, 5.41) is 0.844. The maximum Gasteiger partial charge on any atom is 0.338 e. The first-order valence-electron chi connectivity index (χ1n) is 9.72. The predicted octanol–water partition coefficient (Wildman–Crippen LogP) is 4.66. The highest BCUT2D eigenvalue weighted by Crippen LogP contribution is 2.53. The molecule has 0 radical (unpaired) electrons. The number of hydrogen-bond donors (Lipinski definition) is 0. The molecule has 0 aromatic heterocycles. The van der Waals surface area contributed by atoms with E-state index in [9.17, 15) is 14.4 Å². The number of anilines is 1. The average Bonchev–Trinajstić information content (AvgIpc) is 3.41. The number of hydrogen-bond acceptors (Lipinski definition) is 4. The molecule has 7 heteroatoms. The molecule has 2 amide bonds. The lowest BCUT2D eigenvalue weighted by molar-refractivity contribution is -0.123. The van der Waals surface area contributed by atoms with Gasteiger partial charge in [-0.25, -0.2) is 4.79 Å². The quantitative estimate of drug-likeness (QED) is 0.393. The molecule has 3 aliphatic rings. The summed E-state index contributed by atoms with van der Waals surface area (Å²) in [5.74, 6) is -1.03. The van der Waals surface area contributed by atoms with Crippen LogP contribution in [0, 0.1) is 23.7 Å². The van der Waals surface area contributed by atoms with Gasteiger partial charge in [0.1, 0.15) is 6.61 Å². The van der Waals surface area contributed by atoms with E-state index >= 15 is 0 Å². The smallest absolute Gasteiger partial charge is 0.338 e. The SMILES string of the molecule is O=C(OCc1c(Cl)cccc1Cl)c1ccc(N2C(=O)[C@@H]3[C@@H](C2=O)[C@H]2C=C[C@H]3C2)cc1. The van der Waals surface area contributed by atoms with Crippen molar-refractivity contribution in [1.82, 2.24) is 0 Å². The fraction of sp³-hybridized carbons (Fsp3) is 0.261.